The number of hydrogen-bond acceptors (Lipinski definition) is 7. The summed E-state index contributed by atoms with van der Waals surface area (Å²) in [6.07, 6.45) is 5.73. The zero-order valence-corrected chi connectivity index (χ0v) is 14.5. The minimum atomic E-state index is 0.461. The van der Waals surface area contributed by atoms with Gasteiger partial charge in [-0.25, -0.2) is 19.9 Å². The number of hydrogen-bond donors (Lipinski definition) is 2. The predicted octanol–water partition coefficient (Wildman–Crippen LogP) is 2.64. The monoisotopic (exact) mass is 327 g/mol. The van der Waals surface area contributed by atoms with Crippen molar-refractivity contribution < 1.29 is 0 Å². The van der Waals surface area contributed by atoms with E-state index in [1.807, 2.05) is 25.4 Å². The molecule has 0 radical (unpaired) electrons. The van der Waals surface area contributed by atoms with Gasteiger partial charge in [0.1, 0.15) is 18.0 Å². The van der Waals surface area contributed by atoms with E-state index in [4.69, 9.17) is 4.98 Å². The minimum Gasteiger partial charge on any atom is -0.373 e. The van der Waals surface area contributed by atoms with E-state index in [1.165, 1.54) is 25.7 Å². The summed E-state index contributed by atoms with van der Waals surface area (Å²) in [7, 11) is 1.83. The van der Waals surface area contributed by atoms with Crippen LogP contribution in [0.25, 0.3) is 0 Å². The van der Waals surface area contributed by atoms with Crippen LogP contribution in [0.5, 0.6) is 0 Å². The lowest BCUT2D eigenvalue weighted by Gasteiger charge is -2.35. The van der Waals surface area contributed by atoms with Gasteiger partial charge in [0, 0.05) is 37.8 Å². The van der Waals surface area contributed by atoms with Crippen molar-refractivity contribution >= 4 is 17.6 Å². The van der Waals surface area contributed by atoms with Gasteiger partial charge in [-0.05, 0) is 39.3 Å². The SMILES string of the molecule is CNc1cc(Nc2nccc(C3CCCN(C(C)C)C3)n2)ncn1. The summed E-state index contributed by atoms with van der Waals surface area (Å²) < 4.78 is 0. The number of nitrogens with zero attached hydrogens (tertiary/aromatic N) is 5. The van der Waals surface area contributed by atoms with Crippen molar-refractivity contribution in [2.45, 2.75) is 38.6 Å². The molecule has 7 nitrogen and oxygen atoms in total. The quantitative estimate of drug-likeness (QED) is 0.874. The van der Waals surface area contributed by atoms with Gasteiger partial charge in [-0.15, -0.1) is 0 Å². The van der Waals surface area contributed by atoms with Crippen molar-refractivity contribution in [1.29, 1.82) is 0 Å². The topological polar surface area (TPSA) is 78.9 Å². The highest BCUT2D eigenvalue weighted by Gasteiger charge is 2.24. The summed E-state index contributed by atoms with van der Waals surface area (Å²) in [5, 5.41) is 6.16. The first kappa shape index (κ1) is 16.6. The molecule has 1 fully saturated rings. The Kier molecular flexibility index (Phi) is 5.20. The summed E-state index contributed by atoms with van der Waals surface area (Å²) in [5.74, 6) is 2.47. The maximum absolute atomic E-state index is 4.71. The van der Waals surface area contributed by atoms with Gasteiger partial charge in [0.2, 0.25) is 5.95 Å². The summed E-state index contributed by atoms with van der Waals surface area (Å²) in [6, 6.07) is 4.43. The van der Waals surface area contributed by atoms with Crippen LogP contribution in [0.2, 0.25) is 0 Å². The zero-order chi connectivity index (χ0) is 16.9. The van der Waals surface area contributed by atoms with E-state index in [0.29, 0.717) is 23.7 Å². The summed E-state index contributed by atoms with van der Waals surface area (Å²) >= 11 is 0. The molecule has 0 saturated carbocycles. The molecule has 7 heteroatoms. The maximum Gasteiger partial charge on any atom is 0.228 e. The van der Waals surface area contributed by atoms with Gasteiger partial charge in [0.25, 0.3) is 0 Å². The molecule has 1 aliphatic heterocycles. The lowest BCUT2D eigenvalue weighted by Crippen LogP contribution is -2.39. The second kappa shape index (κ2) is 7.53. The van der Waals surface area contributed by atoms with Crippen LogP contribution in [0, 0.1) is 0 Å². The molecule has 0 aromatic carbocycles. The fraction of sp³-hybridized carbons (Fsp3) is 0.529. The highest BCUT2D eigenvalue weighted by Crippen LogP contribution is 2.27. The van der Waals surface area contributed by atoms with Crippen LogP contribution < -0.4 is 10.6 Å². The minimum absolute atomic E-state index is 0.461. The third kappa shape index (κ3) is 3.97. The number of likely N-dealkylation sites (tertiary alicyclic amines) is 1. The number of aromatic nitrogens is 4. The van der Waals surface area contributed by atoms with Crippen LogP contribution in [0.4, 0.5) is 17.6 Å². The first-order valence-corrected chi connectivity index (χ1v) is 8.49. The van der Waals surface area contributed by atoms with Crippen molar-refractivity contribution in [3.63, 3.8) is 0 Å². The average Bonchev–Trinajstić information content (AvgIpc) is 2.62. The smallest absolute Gasteiger partial charge is 0.228 e. The molecule has 0 amide bonds. The van der Waals surface area contributed by atoms with E-state index in [1.54, 1.807) is 0 Å². The normalized spacial score (nSPS) is 18.6. The fourth-order valence-electron chi connectivity index (χ4n) is 3.05. The van der Waals surface area contributed by atoms with Crippen molar-refractivity contribution in [2.24, 2.45) is 0 Å². The standard InChI is InChI=1S/C17H25N7/c1-12(2)24-8-4-5-13(10-24)14-6-7-19-17(22-14)23-16-9-15(18-3)20-11-21-16/h6-7,9,11-13H,4-5,8,10H2,1-3H3,(H2,18,19,20,21,22,23). The van der Waals surface area contributed by atoms with Crippen molar-refractivity contribution in [1.82, 2.24) is 24.8 Å². The summed E-state index contributed by atoms with van der Waals surface area (Å²) in [4.78, 5) is 19.9. The summed E-state index contributed by atoms with van der Waals surface area (Å²) in [5.41, 5.74) is 1.10. The maximum atomic E-state index is 4.71. The Morgan fingerprint density at radius 1 is 1.21 bits per heavy atom. The molecule has 1 unspecified atom stereocenters. The van der Waals surface area contributed by atoms with Gasteiger partial charge in [-0.1, -0.05) is 0 Å². The molecule has 3 rings (SSSR count). The Balaban J connectivity index is 1.74. The Morgan fingerprint density at radius 3 is 2.83 bits per heavy atom. The van der Waals surface area contributed by atoms with Gasteiger partial charge in [0.05, 0.1) is 5.69 Å². The molecule has 2 aromatic heterocycles. The molecule has 24 heavy (non-hydrogen) atoms. The van der Waals surface area contributed by atoms with Crippen molar-refractivity contribution in [2.75, 3.05) is 30.8 Å². The molecule has 3 heterocycles. The molecule has 2 aromatic rings. The number of nitrogens with one attached hydrogen (secondary N) is 2. The molecule has 2 N–H and O–H groups in total. The van der Waals surface area contributed by atoms with Crippen LogP contribution in [0.1, 0.15) is 38.3 Å². The fourth-order valence-corrected chi connectivity index (χ4v) is 3.05. The molecule has 0 bridgehead atoms. The van der Waals surface area contributed by atoms with Crippen molar-refractivity contribution in [3.8, 4) is 0 Å². The average molecular weight is 327 g/mol. The van der Waals surface area contributed by atoms with Crippen LogP contribution in [-0.2, 0) is 0 Å². The predicted molar refractivity (Wildman–Crippen MR) is 95.6 cm³/mol. The van der Waals surface area contributed by atoms with Gasteiger partial charge < -0.3 is 15.5 Å². The van der Waals surface area contributed by atoms with Crippen LogP contribution in [-0.4, -0.2) is 51.0 Å². The van der Waals surface area contributed by atoms with E-state index in [2.05, 4.69) is 44.3 Å². The Hall–Kier alpha value is -2.28. The third-order valence-corrected chi connectivity index (χ3v) is 4.44. The van der Waals surface area contributed by atoms with Crippen LogP contribution in [0.15, 0.2) is 24.7 Å². The molecular formula is C17H25N7. The second-order valence-corrected chi connectivity index (χ2v) is 6.40. The lowest BCUT2D eigenvalue weighted by atomic mass is 9.94. The largest absolute Gasteiger partial charge is 0.373 e. The lowest BCUT2D eigenvalue weighted by molar-refractivity contribution is 0.166. The summed E-state index contributed by atoms with van der Waals surface area (Å²) in [6.45, 7) is 6.75. The molecule has 1 aliphatic rings. The molecule has 1 saturated heterocycles. The highest BCUT2D eigenvalue weighted by atomic mass is 15.2. The molecular weight excluding hydrogens is 302 g/mol. The molecule has 0 spiro atoms. The Bertz CT molecular complexity index is 673. The number of piperidine rings is 1. The van der Waals surface area contributed by atoms with Gasteiger partial charge in [-0.3, -0.25) is 0 Å². The van der Waals surface area contributed by atoms with Gasteiger partial charge in [0.15, 0.2) is 0 Å². The zero-order valence-electron chi connectivity index (χ0n) is 14.5. The van der Waals surface area contributed by atoms with E-state index < -0.39 is 0 Å². The Labute approximate surface area is 143 Å². The molecule has 0 aliphatic carbocycles. The first-order chi connectivity index (χ1) is 11.7. The van der Waals surface area contributed by atoms with E-state index >= 15 is 0 Å². The van der Waals surface area contributed by atoms with E-state index in [9.17, 15) is 0 Å². The van der Waals surface area contributed by atoms with Gasteiger partial charge >= 0.3 is 0 Å². The molecule has 1 atom stereocenters. The van der Waals surface area contributed by atoms with Gasteiger partial charge in [-0.2, -0.15) is 0 Å². The van der Waals surface area contributed by atoms with Crippen molar-refractivity contribution in [3.05, 3.63) is 30.4 Å². The number of rotatable bonds is 5. The first-order valence-electron chi connectivity index (χ1n) is 8.49. The van der Waals surface area contributed by atoms with E-state index in [0.717, 1.165) is 18.1 Å². The van der Waals surface area contributed by atoms with Crippen LogP contribution >= 0.6 is 0 Å². The number of anilines is 3. The van der Waals surface area contributed by atoms with E-state index in [-0.39, 0.29) is 0 Å². The second-order valence-electron chi connectivity index (χ2n) is 6.40. The molecule has 128 valence electrons. The Morgan fingerprint density at radius 2 is 2.04 bits per heavy atom. The highest BCUT2D eigenvalue weighted by molar-refractivity contribution is 5.52. The third-order valence-electron chi connectivity index (χ3n) is 4.44. The van der Waals surface area contributed by atoms with Crippen LogP contribution in [0.3, 0.4) is 0 Å².